The van der Waals surface area contributed by atoms with Gasteiger partial charge < -0.3 is 25.4 Å². The number of amides is 1. The first-order valence-electron chi connectivity index (χ1n) is 16.3. The Labute approximate surface area is 279 Å². The van der Waals surface area contributed by atoms with Crippen LogP contribution in [0.4, 0.5) is 19.0 Å². The van der Waals surface area contributed by atoms with E-state index in [0.29, 0.717) is 28.3 Å². The van der Waals surface area contributed by atoms with Crippen molar-refractivity contribution in [3.8, 4) is 6.07 Å². The fourth-order valence-electron chi connectivity index (χ4n) is 8.24. The molecule has 4 aromatic rings. The molecule has 4 fully saturated rings. The maximum Gasteiger partial charge on any atom is 0.393 e. The van der Waals surface area contributed by atoms with Gasteiger partial charge in [0.2, 0.25) is 0 Å². The van der Waals surface area contributed by atoms with Gasteiger partial charge in [0.1, 0.15) is 28.7 Å². The number of piperidine rings is 1. The fraction of sp³-hybridized carbons (Fsp3) is 0.529. The second kappa shape index (κ2) is 12.0. The Morgan fingerprint density at radius 1 is 1.21 bits per heavy atom. The van der Waals surface area contributed by atoms with E-state index >= 15 is 0 Å². The van der Waals surface area contributed by atoms with Crippen LogP contribution in [0, 0.1) is 29.6 Å². The molecule has 1 amide bonds. The number of likely N-dealkylation sites (tertiary alicyclic amines) is 1. The summed E-state index contributed by atoms with van der Waals surface area (Å²) in [5.74, 6) is 0.215. The summed E-state index contributed by atoms with van der Waals surface area (Å²) in [6, 6.07) is 10.3. The van der Waals surface area contributed by atoms with Crippen LogP contribution in [0.1, 0.15) is 54.3 Å². The summed E-state index contributed by atoms with van der Waals surface area (Å²) in [5, 5.41) is 37.0. The highest BCUT2D eigenvalue weighted by Gasteiger charge is 2.74. The Hall–Kier alpha value is -3.77. The van der Waals surface area contributed by atoms with Gasteiger partial charge in [-0.1, -0.05) is 13.0 Å². The fourth-order valence-corrected chi connectivity index (χ4v) is 9.27. The molecule has 14 heteroatoms. The Morgan fingerprint density at radius 2 is 1.96 bits per heavy atom. The number of carbonyl (C=O) groups is 1. The number of aliphatic hydroxyl groups excluding tert-OH is 2. The molecule has 0 spiro atoms. The summed E-state index contributed by atoms with van der Waals surface area (Å²) >= 11 is 1.05. The first-order valence-corrected chi connectivity index (χ1v) is 17.1. The van der Waals surface area contributed by atoms with Gasteiger partial charge in [0.25, 0.3) is 5.91 Å². The maximum absolute atomic E-state index is 12.9. The number of nitrogens with one attached hydrogen (secondary N) is 2. The molecule has 3 saturated carbocycles. The van der Waals surface area contributed by atoms with Gasteiger partial charge in [-0.2, -0.15) is 18.4 Å². The number of fused-ring (bicyclic) bond motifs is 2. The first kappa shape index (κ1) is 32.8. The number of halogens is 3. The average Bonchev–Trinajstić information content (AvgIpc) is 3.62. The second-order valence-electron chi connectivity index (χ2n) is 13.9. The van der Waals surface area contributed by atoms with Gasteiger partial charge in [-0.25, -0.2) is 9.97 Å². The lowest BCUT2D eigenvalue weighted by Gasteiger charge is -2.76. The monoisotopic (exact) mass is 681 g/mol. The van der Waals surface area contributed by atoms with Gasteiger partial charge in [0, 0.05) is 53.5 Å². The van der Waals surface area contributed by atoms with E-state index in [9.17, 15) is 28.3 Å². The van der Waals surface area contributed by atoms with Gasteiger partial charge in [-0.3, -0.25) is 9.69 Å². The van der Waals surface area contributed by atoms with Crippen LogP contribution in [0.15, 0.2) is 30.6 Å². The third-order valence-corrected chi connectivity index (χ3v) is 12.1. The third-order valence-electron chi connectivity index (χ3n) is 11.1. The third kappa shape index (κ3) is 5.70. The van der Waals surface area contributed by atoms with Crippen molar-refractivity contribution in [2.45, 2.75) is 82.9 Å². The number of aliphatic hydroxyl groups is 2. The zero-order valence-electron chi connectivity index (χ0n) is 26.8. The van der Waals surface area contributed by atoms with Crippen molar-refractivity contribution in [3.63, 3.8) is 0 Å². The van der Waals surface area contributed by atoms with E-state index in [-0.39, 0.29) is 27.8 Å². The van der Waals surface area contributed by atoms with Crippen molar-refractivity contribution in [2.75, 3.05) is 25.0 Å². The summed E-state index contributed by atoms with van der Waals surface area (Å²) in [4.78, 5) is 23.9. The van der Waals surface area contributed by atoms with Gasteiger partial charge >= 0.3 is 6.18 Å². The first-order chi connectivity index (χ1) is 22.8. The Morgan fingerprint density at radius 3 is 2.62 bits per heavy atom. The van der Waals surface area contributed by atoms with E-state index < -0.39 is 31.2 Å². The van der Waals surface area contributed by atoms with Crippen LogP contribution in [-0.4, -0.2) is 79.1 Å². The number of rotatable bonds is 10. The van der Waals surface area contributed by atoms with E-state index in [1.54, 1.807) is 6.07 Å². The highest BCUT2D eigenvalue weighted by atomic mass is 32.1. The number of hydrogen-bond donors (Lipinski definition) is 4. The molecule has 1 aromatic carbocycles. The lowest BCUT2D eigenvalue weighted by molar-refractivity contribution is -0.230. The molecule has 2 bridgehead atoms. The number of hydrogen-bond acceptors (Lipinski definition) is 9. The minimum atomic E-state index is -4.27. The lowest BCUT2D eigenvalue weighted by Crippen LogP contribution is -2.82. The molecule has 3 aromatic heterocycles. The average molecular weight is 682 g/mol. The standard InChI is InChI=1S/C34H38F3N7O3S/c1-19-21(13-43-7-5-22(6-8-43)41-29-26-10-24(11-34(35,36)37)48-31(26)40-18-39-29)3-4-27-25(19)9-23(12-38)44(27)17-32-15-33(16-32,20(32)2)42-30(47)28(46)14-45/h3-4,9-10,18,20,22,28,45-46H,5-8,11,13-17H2,1-2H3,(H,42,47)(H,39,40,41)/t20-,28?,32?,33?/m0/s1. The minimum absolute atomic E-state index is 0.0354. The minimum Gasteiger partial charge on any atom is -0.393 e. The van der Waals surface area contributed by atoms with Crippen molar-refractivity contribution in [3.05, 3.63) is 52.3 Å². The highest BCUT2D eigenvalue weighted by molar-refractivity contribution is 7.18. The predicted molar refractivity (Wildman–Crippen MR) is 175 cm³/mol. The van der Waals surface area contributed by atoms with Crippen LogP contribution in [-0.2, 0) is 24.3 Å². The van der Waals surface area contributed by atoms with Crippen LogP contribution < -0.4 is 10.6 Å². The zero-order chi connectivity index (χ0) is 34.0. The molecular formula is C34H38F3N7O3S. The highest BCUT2D eigenvalue weighted by Crippen LogP contribution is 2.72. The number of thiophene rings is 1. The van der Waals surface area contributed by atoms with Crippen molar-refractivity contribution >= 4 is 44.2 Å². The number of carbonyl (C=O) groups excluding carboxylic acids is 1. The molecule has 0 radical (unpaired) electrons. The van der Waals surface area contributed by atoms with Gasteiger partial charge in [0.15, 0.2) is 6.10 Å². The molecule has 10 nitrogen and oxygen atoms in total. The van der Waals surface area contributed by atoms with Gasteiger partial charge in [-0.05, 0) is 73.3 Å². The van der Waals surface area contributed by atoms with Crippen LogP contribution in [0.5, 0.6) is 0 Å². The maximum atomic E-state index is 12.9. The van der Waals surface area contributed by atoms with E-state index in [1.807, 2.05) is 6.07 Å². The van der Waals surface area contributed by atoms with Crippen LogP contribution in [0.2, 0.25) is 0 Å². The van der Waals surface area contributed by atoms with Crippen molar-refractivity contribution < 1.29 is 28.2 Å². The molecule has 4 N–H and O–H groups in total. The molecule has 1 unspecified atom stereocenters. The molecule has 254 valence electrons. The molecule has 4 heterocycles. The molecule has 3 aliphatic carbocycles. The van der Waals surface area contributed by atoms with E-state index in [4.69, 9.17) is 5.11 Å². The molecule has 48 heavy (non-hydrogen) atoms. The number of anilines is 1. The van der Waals surface area contributed by atoms with Crippen LogP contribution >= 0.6 is 11.3 Å². The number of aromatic nitrogens is 3. The number of nitrogens with zero attached hydrogens (tertiary/aromatic N) is 5. The molecular weight excluding hydrogens is 643 g/mol. The molecule has 8 rings (SSSR count). The summed E-state index contributed by atoms with van der Waals surface area (Å²) in [6.45, 7) is 6.74. The summed E-state index contributed by atoms with van der Waals surface area (Å²) < 4.78 is 41.0. The van der Waals surface area contributed by atoms with Gasteiger partial charge in [-0.15, -0.1) is 11.3 Å². The smallest absolute Gasteiger partial charge is 0.393 e. The van der Waals surface area contributed by atoms with E-state index in [2.05, 4.69) is 62.1 Å². The van der Waals surface area contributed by atoms with Crippen LogP contribution in [0.25, 0.3) is 21.1 Å². The van der Waals surface area contributed by atoms with E-state index in [0.717, 1.165) is 73.1 Å². The Kier molecular flexibility index (Phi) is 8.17. The molecule has 1 aliphatic heterocycles. The Balaban J connectivity index is 0.990. The molecule has 2 atom stereocenters. The largest absolute Gasteiger partial charge is 0.393 e. The normalized spacial score (nSPS) is 25.0. The summed E-state index contributed by atoms with van der Waals surface area (Å²) in [5.41, 5.74) is 3.58. The molecule has 4 aliphatic rings. The summed E-state index contributed by atoms with van der Waals surface area (Å²) in [7, 11) is 0. The van der Waals surface area contributed by atoms with Crippen molar-refractivity contribution in [2.24, 2.45) is 11.3 Å². The SMILES string of the molecule is Cc1c(CN2CCC(Nc3ncnc4sc(CC(F)(F)F)cc34)CC2)ccc2c1cc(C#N)n2CC12CC(NC(=O)C(O)CO)(C1)[C@H]2C. The second-order valence-corrected chi connectivity index (χ2v) is 15.0. The number of benzene rings is 1. The Bertz CT molecular complexity index is 1920. The lowest BCUT2D eigenvalue weighted by atomic mass is 9.33. The van der Waals surface area contributed by atoms with E-state index in [1.165, 1.54) is 11.9 Å². The zero-order valence-corrected chi connectivity index (χ0v) is 27.6. The number of alkyl halides is 3. The van der Waals surface area contributed by atoms with Crippen molar-refractivity contribution in [1.82, 2.24) is 24.8 Å². The van der Waals surface area contributed by atoms with Crippen molar-refractivity contribution in [1.29, 1.82) is 5.26 Å². The van der Waals surface area contributed by atoms with Crippen LogP contribution in [0.3, 0.4) is 0 Å². The predicted octanol–water partition coefficient (Wildman–Crippen LogP) is 4.65. The quantitative estimate of drug-likeness (QED) is 0.190. The summed E-state index contributed by atoms with van der Waals surface area (Å²) in [6.07, 6.45) is -2.00. The topological polar surface area (TPSA) is 139 Å². The number of nitriles is 1. The number of aryl methyl sites for hydroxylation is 1. The van der Waals surface area contributed by atoms with Gasteiger partial charge in [0.05, 0.1) is 18.4 Å². The molecule has 1 saturated heterocycles.